The highest BCUT2D eigenvalue weighted by Gasteiger charge is 2.15. The summed E-state index contributed by atoms with van der Waals surface area (Å²) < 4.78 is 0. The first-order chi connectivity index (χ1) is 10.8. The number of anilines is 1. The highest BCUT2D eigenvalue weighted by atomic mass is 32.1. The van der Waals surface area contributed by atoms with Crippen LogP contribution in [0.15, 0.2) is 18.2 Å². The molecule has 6 heteroatoms. The van der Waals surface area contributed by atoms with Crippen LogP contribution in [0.2, 0.25) is 0 Å². The Labute approximate surface area is 139 Å². The SMILES string of the molecule is Cc1cccc(C(C)C)c1NC(=O)Cc1nc(C)c(C(=O)[O-])s1. The molecule has 1 N–H and O–H groups in total. The summed E-state index contributed by atoms with van der Waals surface area (Å²) in [6.45, 7) is 7.69. The first kappa shape index (κ1) is 17.1. The summed E-state index contributed by atoms with van der Waals surface area (Å²) in [7, 11) is 0. The third-order valence-electron chi connectivity index (χ3n) is 3.53. The quantitative estimate of drug-likeness (QED) is 0.912. The fraction of sp³-hybridized carbons (Fsp3) is 0.353. The van der Waals surface area contributed by atoms with Crippen LogP contribution in [0, 0.1) is 13.8 Å². The second-order valence-electron chi connectivity index (χ2n) is 5.73. The number of rotatable bonds is 5. The Bertz CT molecular complexity index is 750. The van der Waals surface area contributed by atoms with Gasteiger partial charge in [-0.25, -0.2) is 4.98 Å². The Hall–Kier alpha value is -2.21. The molecule has 2 aromatic rings. The van der Waals surface area contributed by atoms with Crippen molar-refractivity contribution in [2.24, 2.45) is 0 Å². The van der Waals surface area contributed by atoms with Crippen molar-refractivity contribution in [3.05, 3.63) is 44.9 Å². The number of carboxylic acid groups (broad SMARTS) is 1. The number of aromatic nitrogens is 1. The molecule has 2 rings (SSSR count). The molecule has 0 aliphatic rings. The number of carbonyl (C=O) groups is 2. The van der Waals surface area contributed by atoms with Gasteiger partial charge in [0, 0.05) is 5.69 Å². The van der Waals surface area contributed by atoms with Crippen molar-refractivity contribution < 1.29 is 14.7 Å². The minimum Gasteiger partial charge on any atom is -0.544 e. The summed E-state index contributed by atoms with van der Waals surface area (Å²) in [6, 6.07) is 5.91. The van der Waals surface area contributed by atoms with E-state index in [-0.39, 0.29) is 23.1 Å². The summed E-state index contributed by atoms with van der Waals surface area (Å²) >= 11 is 0.987. The van der Waals surface area contributed by atoms with Crippen LogP contribution in [-0.4, -0.2) is 16.9 Å². The number of hydrogen-bond donors (Lipinski definition) is 1. The number of amides is 1. The fourth-order valence-electron chi connectivity index (χ4n) is 2.38. The van der Waals surface area contributed by atoms with Crippen LogP contribution < -0.4 is 10.4 Å². The van der Waals surface area contributed by atoms with Crippen LogP contribution in [0.25, 0.3) is 0 Å². The number of nitrogens with zero attached hydrogens (tertiary/aromatic N) is 1. The summed E-state index contributed by atoms with van der Waals surface area (Å²) in [6.07, 6.45) is 0.0463. The van der Waals surface area contributed by atoms with E-state index in [2.05, 4.69) is 24.1 Å². The second-order valence-corrected chi connectivity index (χ2v) is 6.81. The van der Waals surface area contributed by atoms with Crippen molar-refractivity contribution in [1.29, 1.82) is 0 Å². The lowest BCUT2D eigenvalue weighted by Crippen LogP contribution is -2.21. The van der Waals surface area contributed by atoms with Crippen molar-refractivity contribution in [2.75, 3.05) is 5.32 Å². The maximum atomic E-state index is 12.3. The van der Waals surface area contributed by atoms with Gasteiger partial charge in [-0.15, -0.1) is 11.3 Å². The molecule has 1 aromatic carbocycles. The molecule has 0 radical (unpaired) electrons. The molecule has 122 valence electrons. The van der Waals surface area contributed by atoms with Gasteiger partial charge in [0.1, 0.15) is 5.01 Å². The van der Waals surface area contributed by atoms with Crippen molar-refractivity contribution >= 4 is 28.9 Å². The largest absolute Gasteiger partial charge is 0.544 e. The van der Waals surface area contributed by atoms with E-state index in [0.717, 1.165) is 28.2 Å². The van der Waals surface area contributed by atoms with Gasteiger partial charge < -0.3 is 15.2 Å². The lowest BCUT2D eigenvalue weighted by atomic mass is 9.98. The molecule has 1 amide bonds. The van der Waals surface area contributed by atoms with Gasteiger partial charge in [-0.05, 0) is 30.9 Å². The van der Waals surface area contributed by atoms with E-state index in [1.54, 1.807) is 6.92 Å². The minimum atomic E-state index is -1.26. The summed E-state index contributed by atoms with van der Waals surface area (Å²) in [5.41, 5.74) is 3.27. The van der Waals surface area contributed by atoms with E-state index in [1.165, 1.54) is 0 Å². The lowest BCUT2D eigenvalue weighted by molar-refractivity contribution is -0.254. The zero-order valence-electron chi connectivity index (χ0n) is 13.6. The summed E-state index contributed by atoms with van der Waals surface area (Å²) in [4.78, 5) is 27.4. The van der Waals surface area contributed by atoms with Crippen LogP contribution in [-0.2, 0) is 11.2 Å². The van der Waals surface area contributed by atoms with Gasteiger partial charge in [-0.1, -0.05) is 32.0 Å². The molecule has 0 unspecified atom stereocenters. The van der Waals surface area contributed by atoms with Crippen LogP contribution in [0.3, 0.4) is 0 Å². The smallest absolute Gasteiger partial charge is 0.231 e. The number of thiazole rings is 1. The Morgan fingerprint density at radius 2 is 2.00 bits per heavy atom. The van der Waals surface area contributed by atoms with E-state index in [9.17, 15) is 14.7 Å². The van der Waals surface area contributed by atoms with Gasteiger partial charge in [0.25, 0.3) is 0 Å². The number of hydrogen-bond acceptors (Lipinski definition) is 5. The molecule has 0 saturated heterocycles. The topological polar surface area (TPSA) is 82.1 Å². The third kappa shape index (κ3) is 3.96. The number of benzene rings is 1. The standard InChI is InChI=1S/C17H20N2O3S/c1-9(2)12-7-5-6-10(3)15(12)19-13(20)8-14-18-11(4)16(23-14)17(21)22/h5-7,9H,8H2,1-4H3,(H,19,20)(H,21,22)/p-1. The molecule has 0 aliphatic heterocycles. The van der Waals surface area contributed by atoms with E-state index in [1.807, 2.05) is 25.1 Å². The van der Waals surface area contributed by atoms with Crippen LogP contribution in [0.5, 0.6) is 0 Å². The van der Waals surface area contributed by atoms with E-state index >= 15 is 0 Å². The average Bonchev–Trinajstić information content (AvgIpc) is 2.81. The third-order valence-corrected chi connectivity index (χ3v) is 4.67. The molecule has 0 bridgehead atoms. The zero-order chi connectivity index (χ0) is 17.1. The maximum absolute atomic E-state index is 12.3. The molecule has 0 fully saturated rings. The molecule has 0 saturated carbocycles. The first-order valence-corrected chi connectivity index (χ1v) is 8.18. The molecule has 5 nitrogen and oxygen atoms in total. The summed E-state index contributed by atoms with van der Waals surface area (Å²) in [5.74, 6) is -1.18. The number of nitrogens with one attached hydrogen (secondary N) is 1. The average molecular weight is 331 g/mol. The molecule has 0 spiro atoms. The molecule has 1 aromatic heterocycles. The van der Waals surface area contributed by atoms with Crippen molar-refractivity contribution in [3.63, 3.8) is 0 Å². The number of carboxylic acids is 1. The predicted molar refractivity (Wildman–Crippen MR) is 88.8 cm³/mol. The molecule has 23 heavy (non-hydrogen) atoms. The van der Waals surface area contributed by atoms with E-state index in [4.69, 9.17) is 0 Å². The number of para-hydroxylation sites is 1. The lowest BCUT2D eigenvalue weighted by Gasteiger charge is -2.16. The monoisotopic (exact) mass is 331 g/mol. The van der Waals surface area contributed by atoms with Gasteiger partial charge >= 0.3 is 0 Å². The number of carbonyl (C=O) groups excluding carboxylic acids is 2. The highest BCUT2D eigenvalue weighted by molar-refractivity contribution is 7.13. The molecular formula is C17H19N2O3S-. The van der Waals surface area contributed by atoms with Crippen molar-refractivity contribution in [3.8, 4) is 0 Å². The van der Waals surface area contributed by atoms with E-state index < -0.39 is 5.97 Å². The molecular weight excluding hydrogens is 312 g/mol. The van der Waals surface area contributed by atoms with Crippen LogP contribution in [0.1, 0.15) is 51.3 Å². The molecule has 0 atom stereocenters. The Morgan fingerprint density at radius 1 is 1.30 bits per heavy atom. The fourth-order valence-corrected chi connectivity index (χ4v) is 3.28. The van der Waals surface area contributed by atoms with Gasteiger partial charge in [0.05, 0.1) is 23.0 Å². The normalized spacial score (nSPS) is 10.8. The van der Waals surface area contributed by atoms with Gasteiger partial charge in [-0.2, -0.15) is 0 Å². The summed E-state index contributed by atoms with van der Waals surface area (Å²) in [5, 5.41) is 14.3. The Kier molecular flexibility index (Phi) is 5.15. The maximum Gasteiger partial charge on any atom is 0.231 e. The zero-order valence-corrected chi connectivity index (χ0v) is 14.4. The Balaban J connectivity index is 2.18. The first-order valence-electron chi connectivity index (χ1n) is 7.36. The number of aryl methyl sites for hydroxylation is 2. The second kappa shape index (κ2) is 6.91. The van der Waals surface area contributed by atoms with Crippen LogP contribution in [0.4, 0.5) is 5.69 Å². The number of aromatic carboxylic acids is 1. The minimum absolute atomic E-state index is 0.0463. The van der Waals surface area contributed by atoms with Crippen LogP contribution >= 0.6 is 11.3 Å². The highest BCUT2D eigenvalue weighted by Crippen LogP contribution is 2.27. The van der Waals surface area contributed by atoms with Gasteiger partial charge in [-0.3, -0.25) is 4.79 Å². The van der Waals surface area contributed by atoms with Gasteiger partial charge in [0.2, 0.25) is 5.91 Å². The molecule has 1 heterocycles. The van der Waals surface area contributed by atoms with E-state index in [0.29, 0.717) is 10.7 Å². The van der Waals surface area contributed by atoms with Crippen molar-refractivity contribution in [2.45, 2.75) is 40.0 Å². The predicted octanol–water partition coefficient (Wildman–Crippen LogP) is 2.43. The van der Waals surface area contributed by atoms with Crippen molar-refractivity contribution in [1.82, 2.24) is 4.98 Å². The van der Waals surface area contributed by atoms with Gasteiger partial charge in [0.15, 0.2) is 0 Å². The molecule has 0 aliphatic carbocycles. The Morgan fingerprint density at radius 3 is 2.57 bits per heavy atom.